The Kier molecular flexibility index (Phi) is 3.31. The smallest absolute Gasteiger partial charge is 0.356 e. The molecule has 0 amide bonds. The summed E-state index contributed by atoms with van der Waals surface area (Å²) in [5.74, 6) is -1.12. The van der Waals surface area contributed by atoms with E-state index in [9.17, 15) is 9.90 Å². The van der Waals surface area contributed by atoms with Crippen molar-refractivity contribution < 1.29 is 9.90 Å². The van der Waals surface area contributed by atoms with Crippen molar-refractivity contribution in [3.63, 3.8) is 0 Å². The molecule has 0 radical (unpaired) electrons. The number of carboxylic acid groups (broad SMARTS) is 1. The number of carbonyl (C=O) groups is 1. The van der Waals surface area contributed by atoms with Gasteiger partial charge in [-0.2, -0.15) is 5.10 Å². The molecule has 3 aromatic rings. The van der Waals surface area contributed by atoms with Gasteiger partial charge in [0.25, 0.3) is 0 Å². The summed E-state index contributed by atoms with van der Waals surface area (Å²) in [7, 11) is 0. The zero-order valence-corrected chi connectivity index (χ0v) is 11.9. The van der Waals surface area contributed by atoms with Gasteiger partial charge in [0.05, 0.1) is 10.7 Å². The van der Waals surface area contributed by atoms with Crippen LogP contribution in [0.2, 0.25) is 5.02 Å². The average molecular weight is 303 g/mol. The number of rotatable bonds is 3. The SMILES string of the molecule is CCc1ccc2nc(C(=O)O)c(-c3cncc(Cl)c3)n2n1. The van der Waals surface area contributed by atoms with Crippen LogP contribution in [0.15, 0.2) is 30.6 Å². The fourth-order valence-electron chi connectivity index (χ4n) is 2.11. The van der Waals surface area contributed by atoms with Crippen LogP contribution in [0.1, 0.15) is 23.1 Å². The number of nitrogens with zero attached hydrogens (tertiary/aromatic N) is 4. The van der Waals surface area contributed by atoms with Gasteiger partial charge in [0.2, 0.25) is 0 Å². The van der Waals surface area contributed by atoms with E-state index in [2.05, 4.69) is 15.1 Å². The van der Waals surface area contributed by atoms with Crippen LogP contribution in [0.3, 0.4) is 0 Å². The molecule has 0 atom stereocenters. The van der Waals surface area contributed by atoms with Gasteiger partial charge in [0, 0.05) is 18.0 Å². The van der Waals surface area contributed by atoms with Crippen molar-refractivity contribution in [2.45, 2.75) is 13.3 Å². The average Bonchev–Trinajstić information content (AvgIpc) is 2.85. The van der Waals surface area contributed by atoms with Gasteiger partial charge in [-0.1, -0.05) is 18.5 Å². The largest absolute Gasteiger partial charge is 0.476 e. The summed E-state index contributed by atoms with van der Waals surface area (Å²) in [5, 5.41) is 14.2. The molecule has 106 valence electrons. The third-order valence-electron chi connectivity index (χ3n) is 3.08. The van der Waals surface area contributed by atoms with Gasteiger partial charge in [0.1, 0.15) is 5.69 Å². The van der Waals surface area contributed by atoms with Crippen molar-refractivity contribution in [2.24, 2.45) is 0 Å². The third-order valence-corrected chi connectivity index (χ3v) is 3.28. The number of hydrogen-bond acceptors (Lipinski definition) is 4. The Morgan fingerprint density at radius 1 is 1.38 bits per heavy atom. The second-order valence-corrected chi connectivity index (χ2v) is 4.89. The maximum atomic E-state index is 11.4. The molecule has 6 nitrogen and oxygen atoms in total. The van der Waals surface area contributed by atoms with E-state index in [1.807, 2.05) is 13.0 Å². The van der Waals surface area contributed by atoms with Crippen molar-refractivity contribution in [2.75, 3.05) is 0 Å². The molecular weight excluding hydrogens is 292 g/mol. The molecule has 7 heteroatoms. The molecule has 0 fully saturated rings. The summed E-state index contributed by atoms with van der Waals surface area (Å²) in [6.07, 6.45) is 3.77. The number of halogens is 1. The van der Waals surface area contributed by atoms with Crippen molar-refractivity contribution in [1.82, 2.24) is 19.6 Å². The highest BCUT2D eigenvalue weighted by Gasteiger charge is 2.21. The normalized spacial score (nSPS) is 11.0. The van der Waals surface area contributed by atoms with Gasteiger partial charge < -0.3 is 5.11 Å². The minimum atomic E-state index is -1.12. The number of pyridine rings is 1. The summed E-state index contributed by atoms with van der Waals surface area (Å²) in [6.45, 7) is 1.98. The van der Waals surface area contributed by atoms with E-state index in [4.69, 9.17) is 11.6 Å². The second kappa shape index (κ2) is 5.14. The van der Waals surface area contributed by atoms with Crippen molar-refractivity contribution in [3.8, 4) is 11.3 Å². The van der Waals surface area contributed by atoms with Gasteiger partial charge in [-0.15, -0.1) is 0 Å². The molecule has 0 unspecified atom stereocenters. The molecule has 0 aromatic carbocycles. The topological polar surface area (TPSA) is 80.4 Å². The minimum absolute atomic E-state index is 0.0696. The lowest BCUT2D eigenvalue weighted by atomic mass is 10.2. The van der Waals surface area contributed by atoms with Gasteiger partial charge in [-0.3, -0.25) is 4.98 Å². The Bertz CT molecular complexity index is 844. The summed E-state index contributed by atoms with van der Waals surface area (Å²) in [4.78, 5) is 19.6. The van der Waals surface area contributed by atoms with Crippen molar-refractivity contribution in [1.29, 1.82) is 0 Å². The third kappa shape index (κ3) is 2.34. The highest BCUT2D eigenvalue weighted by Crippen LogP contribution is 2.26. The van der Waals surface area contributed by atoms with E-state index in [1.54, 1.807) is 18.3 Å². The zero-order valence-electron chi connectivity index (χ0n) is 11.1. The molecule has 21 heavy (non-hydrogen) atoms. The Morgan fingerprint density at radius 3 is 2.86 bits per heavy atom. The number of fused-ring (bicyclic) bond motifs is 1. The molecule has 3 heterocycles. The van der Waals surface area contributed by atoms with Gasteiger partial charge in [-0.25, -0.2) is 14.3 Å². The Hall–Kier alpha value is -2.47. The van der Waals surface area contributed by atoms with E-state index < -0.39 is 5.97 Å². The first kappa shape index (κ1) is 13.5. The van der Waals surface area contributed by atoms with E-state index in [1.165, 1.54) is 10.7 Å². The Labute approximate surface area is 125 Å². The number of aromatic carboxylic acids is 1. The number of aromatic nitrogens is 4. The van der Waals surface area contributed by atoms with Crippen LogP contribution < -0.4 is 0 Å². The lowest BCUT2D eigenvalue weighted by Crippen LogP contribution is -2.02. The van der Waals surface area contributed by atoms with Crippen LogP contribution in [0.4, 0.5) is 0 Å². The summed E-state index contributed by atoms with van der Waals surface area (Å²) < 4.78 is 1.52. The molecule has 0 spiro atoms. The summed E-state index contributed by atoms with van der Waals surface area (Å²) in [5.41, 5.74) is 2.18. The maximum absolute atomic E-state index is 11.4. The molecule has 3 aromatic heterocycles. The zero-order chi connectivity index (χ0) is 15.0. The molecule has 0 aliphatic rings. The molecule has 0 saturated carbocycles. The molecule has 1 N–H and O–H groups in total. The first-order valence-electron chi connectivity index (χ1n) is 6.33. The van der Waals surface area contributed by atoms with Crippen molar-refractivity contribution in [3.05, 3.63) is 47.0 Å². The molecule has 0 aliphatic carbocycles. The van der Waals surface area contributed by atoms with Crippen LogP contribution in [0.5, 0.6) is 0 Å². The first-order chi connectivity index (χ1) is 10.1. The highest BCUT2D eigenvalue weighted by atomic mass is 35.5. The standard InChI is InChI=1S/C14H11ClN4O2/c1-2-10-3-4-11-17-12(14(20)21)13(19(11)18-10)8-5-9(15)7-16-6-8/h3-7H,2H2,1H3,(H,20,21). The van der Waals surface area contributed by atoms with Gasteiger partial charge >= 0.3 is 5.97 Å². The van der Waals surface area contributed by atoms with E-state index in [0.717, 1.165) is 12.1 Å². The van der Waals surface area contributed by atoms with Crippen molar-refractivity contribution >= 4 is 23.2 Å². The lowest BCUT2D eigenvalue weighted by molar-refractivity contribution is 0.0692. The van der Waals surface area contributed by atoms with Crippen LogP contribution in [0.25, 0.3) is 16.9 Å². The van der Waals surface area contributed by atoms with Crippen LogP contribution >= 0.6 is 11.6 Å². The highest BCUT2D eigenvalue weighted by molar-refractivity contribution is 6.30. The predicted octanol–water partition coefficient (Wildman–Crippen LogP) is 2.71. The quantitative estimate of drug-likeness (QED) is 0.804. The number of aryl methyl sites for hydroxylation is 1. The number of hydrogen-bond donors (Lipinski definition) is 1. The predicted molar refractivity (Wildman–Crippen MR) is 77.6 cm³/mol. The molecule has 0 aliphatic heterocycles. The van der Waals surface area contributed by atoms with Crippen LogP contribution in [-0.2, 0) is 6.42 Å². The first-order valence-corrected chi connectivity index (χ1v) is 6.71. The van der Waals surface area contributed by atoms with E-state index in [-0.39, 0.29) is 5.69 Å². The van der Waals surface area contributed by atoms with Crippen LogP contribution in [-0.4, -0.2) is 30.7 Å². The van der Waals surface area contributed by atoms with E-state index in [0.29, 0.717) is 21.9 Å². The molecule has 3 rings (SSSR count). The summed E-state index contributed by atoms with van der Waals surface area (Å²) in [6, 6.07) is 5.22. The van der Waals surface area contributed by atoms with E-state index >= 15 is 0 Å². The van der Waals surface area contributed by atoms with Gasteiger partial charge in [0.15, 0.2) is 11.3 Å². The maximum Gasteiger partial charge on any atom is 0.356 e. The Balaban J connectivity index is 2.36. The van der Waals surface area contributed by atoms with Gasteiger partial charge in [-0.05, 0) is 24.6 Å². The fourth-order valence-corrected chi connectivity index (χ4v) is 2.28. The number of carboxylic acids is 1. The minimum Gasteiger partial charge on any atom is -0.476 e. The molecule has 0 bridgehead atoms. The number of imidazole rings is 1. The molecular formula is C14H11ClN4O2. The summed E-state index contributed by atoms with van der Waals surface area (Å²) >= 11 is 5.94. The van der Waals surface area contributed by atoms with Crippen LogP contribution in [0, 0.1) is 0 Å². The lowest BCUT2D eigenvalue weighted by Gasteiger charge is -2.04. The molecule has 0 saturated heterocycles. The second-order valence-electron chi connectivity index (χ2n) is 4.45. The fraction of sp³-hybridized carbons (Fsp3) is 0.143. The monoisotopic (exact) mass is 302 g/mol. The Morgan fingerprint density at radius 2 is 2.19 bits per heavy atom.